The first-order valence-corrected chi connectivity index (χ1v) is 6.43. The molecule has 2 aromatic rings. The van der Waals surface area contributed by atoms with Crippen molar-refractivity contribution in [3.63, 3.8) is 0 Å². The molecule has 0 unspecified atom stereocenters. The molecule has 0 spiro atoms. The van der Waals surface area contributed by atoms with E-state index in [4.69, 9.17) is 0 Å². The molecule has 1 aliphatic heterocycles. The van der Waals surface area contributed by atoms with Crippen LogP contribution in [0.1, 0.15) is 0 Å². The summed E-state index contributed by atoms with van der Waals surface area (Å²) in [7, 11) is 1.36. The number of fused-ring (bicyclic) bond motifs is 1. The second-order valence-electron chi connectivity index (χ2n) is 4.10. The van der Waals surface area contributed by atoms with Crippen LogP contribution in [-0.4, -0.2) is 51.8 Å². The van der Waals surface area contributed by atoms with Crippen molar-refractivity contribution < 1.29 is 9.53 Å². The molecule has 0 aliphatic carbocycles. The average molecular weight is 281 g/mol. The number of aromatic nitrogens is 3. The number of likely N-dealkylation sites (tertiary alicyclic amines) is 1. The molecule has 100 valence electrons. The van der Waals surface area contributed by atoms with E-state index < -0.39 is 0 Å². The van der Waals surface area contributed by atoms with Gasteiger partial charge in [-0.1, -0.05) is 11.3 Å². The van der Waals surface area contributed by atoms with E-state index in [0.717, 1.165) is 0 Å². The molecule has 3 rings (SSSR count). The molecular weight excluding hydrogens is 270 g/mol. The molecule has 19 heavy (non-hydrogen) atoms. The van der Waals surface area contributed by atoms with E-state index in [1.807, 2.05) is 0 Å². The molecule has 9 heteroatoms. The number of carbonyl (C=O) groups is 1. The summed E-state index contributed by atoms with van der Waals surface area (Å²) < 4.78 is 5.86. The van der Waals surface area contributed by atoms with Gasteiger partial charge in [0, 0.05) is 25.4 Å². The van der Waals surface area contributed by atoms with Crippen LogP contribution in [-0.2, 0) is 4.74 Å². The van der Waals surface area contributed by atoms with Gasteiger partial charge in [0.25, 0.3) is 5.56 Å². The minimum atomic E-state index is -0.333. The van der Waals surface area contributed by atoms with Gasteiger partial charge in [-0.3, -0.25) is 4.79 Å². The van der Waals surface area contributed by atoms with Crippen molar-refractivity contribution in [3.05, 3.63) is 22.6 Å². The van der Waals surface area contributed by atoms with Crippen LogP contribution in [0.2, 0.25) is 0 Å². The number of carbonyl (C=O) groups excluding carboxylic acids is 1. The first kappa shape index (κ1) is 11.9. The molecule has 1 N–H and O–H groups in total. The predicted octanol–water partition coefficient (Wildman–Crippen LogP) is 0.0135. The van der Waals surface area contributed by atoms with E-state index >= 15 is 0 Å². The smallest absolute Gasteiger partial charge is 0.409 e. The number of nitrogens with zero attached hydrogens (tertiary/aromatic N) is 4. The molecule has 1 aliphatic rings. The second kappa shape index (κ2) is 4.50. The van der Waals surface area contributed by atoms with E-state index in [0.29, 0.717) is 23.2 Å². The Morgan fingerprint density at radius 2 is 2.37 bits per heavy atom. The molecule has 3 heterocycles. The third-order valence-electron chi connectivity index (χ3n) is 2.81. The van der Waals surface area contributed by atoms with Gasteiger partial charge in [0.1, 0.15) is 0 Å². The summed E-state index contributed by atoms with van der Waals surface area (Å²) in [4.78, 5) is 28.9. The van der Waals surface area contributed by atoms with Crippen molar-refractivity contribution in [1.29, 1.82) is 0 Å². The monoisotopic (exact) mass is 281 g/mol. The minimum Gasteiger partial charge on any atom is -0.453 e. The van der Waals surface area contributed by atoms with Gasteiger partial charge in [-0.25, -0.2) is 9.78 Å². The van der Waals surface area contributed by atoms with Crippen LogP contribution in [0, 0.1) is 0 Å². The molecule has 1 fully saturated rings. The fourth-order valence-corrected chi connectivity index (χ4v) is 2.68. The lowest BCUT2D eigenvalue weighted by Crippen LogP contribution is -2.56. The van der Waals surface area contributed by atoms with Crippen molar-refractivity contribution in [2.75, 3.05) is 25.5 Å². The van der Waals surface area contributed by atoms with E-state index in [-0.39, 0.29) is 17.7 Å². The van der Waals surface area contributed by atoms with Crippen molar-refractivity contribution in [2.24, 2.45) is 0 Å². The zero-order valence-corrected chi connectivity index (χ0v) is 10.9. The van der Waals surface area contributed by atoms with Gasteiger partial charge in [-0.2, -0.15) is 4.52 Å². The van der Waals surface area contributed by atoms with Crippen molar-refractivity contribution in [1.82, 2.24) is 19.5 Å². The van der Waals surface area contributed by atoms with Crippen LogP contribution in [0.5, 0.6) is 0 Å². The Morgan fingerprint density at radius 1 is 1.58 bits per heavy atom. The van der Waals surface area contributed by atoms with Crippen LogP contribution >= 0.6 is 11.3 Å². The molecule has 0 saturated carbocycles. The Bertz CT molecular complexity index is 675. The fraction of sp³-hybridized carbons (Fsp3) is 0.400. The summed E-state index contributed by atoms with van der Waals surface area (Å²) in [6.45, 7) is 1.12. The lowest BCUT2D eigenvalue weighted by molar-refractivity contribution is 0.0930. The largest absolute Gasteiger partial charge is 0.453 e. The average Bonchev–Trinajstić information content (AvgIpc) is 2.76. The Kier molecular flexibility index (Phi) is 2.82. The summed E-state index contributed by atoms with van der Waals surface area (Å²) in [6.07, 6.45) is 1.13. The maximum atomic E-state index is 11.5. The molecule has 2 aromatic heterocycles. The Hall–Kier alpha value is -2.16. The zero-order chi connectivity index (χ0) is 13.4. The highest BCUT2D eigenvalue weighted by atomic mass is 32.1. The summed E-state index contributed by atoms with van der Waals surface area (Å²) in [6, 6.07) is 1.48. The van der Waals surface area contributed by atoms with Gasteiger partial charge in [-0.05, 0) is 0 Å². The first-order valence-electron chi connectivity index (χ1n) is 5.61. The van der Waals surface area contributed by atoms with Gasteiger partial charge in [-0.15, -0.1) is 5.10 Å². The number of ether oxygens (including phenoxy) is 1. The van der Waals surface area contributed by atoms with Crippen LogP contribution in [0.25, 0.3) is 4.96 Å². The minimum absolute atomic E-state index is 0.121. The van der Waals surface area contributed by atoms with Crippen molar-refractivity contribution >= 4 is 27.5 Å². The molecule has 1 amide bonds. The number of anilines is 1. The maximum absolute atomic E-state index is 11.5. The van der Waals surface area contributed by atoms with Crippen LogP contribution in [0.3, 0.4) is 0 Å². The number of nitrogens with one attached hydrogen (secondary N) is 1. The number of methoxy groups -OCH3 is 1. The number of rotatable bonds is 2. The summed E-state index contributed by atoms with van der Waals surface area (Å²) >= 11 is 1.30. The fourth-order valence-electron chi connectivity index (χ4n) is 1.82. The molecular formula is C10H11N5O3S. The Morgan fingerprint density at radius 3 is 3.05 bits per heavy atom. The summed E-state index contributed by atoms with van der Waals surface area (Å²) in [5.41, 5.74) is -0.209. The normalized spacial score (nSPS) is 15.3. The van der Waals surface area contributed by atoms with Gasteiger partial charge >= 0.3 is 6.09 Å². The van der Waals surface area contributed by atoms with Gasteiger partial charge in [0.2, 0.25) is 10.1 Å². The molecule has 0 bridgehead atoms. The Balaban J connectivity index is 1.69. The topological polar surface area (TPSA) is 88.8 Å². The molecule has 1 saturated heterocycles. The lowest BCUT2D eigenvalue weighted by atomic mass is 10.1. The van der Waals surface area contributed by atoms with Crippen LogP contribution < -0.4 is 10.9 Å². The Labute approximate surface area is 111 Å². The quantitative estimate of drug-likeness (QED) is 0.834. The molecule has 0 aromatic carbocycles. The van der Waals surface area contributed by atoms with Gasteiger partial charge in [0.15, 0.2) is 0 Å². The summed E-state index contributed by atoms with van der Waals surface area (Å²) in [5.74, 6) is 0. The maximum Gasteiger partial charge on any atom is 0.409 e. The highest BCUT2D eigenvalue weighted by molar-refractivity contribution is 7.20. The number of hydrogen-bond donors (Lipinski definition) is 1. The molecule has 8 nitrogen and oxygen atoms in total. The standard InChI is InChI=1S/C10H11N5O3S/c1-18-10(17)14-4-6(5-14)12-8-13-15-7(16)2-3-11-9(15)19-8/h2-3,6H,4-5H2,1H3,(H,12,13). The summed E-state index contributed by atoms with van der Waals surface area (Å²) in [5, 5.41) is 7.92. The molecule has 0 atom stereocenters. The van der Waals surface area contributed by atoms with Crippen molar-refractivity contribution in [3.8, 4) is 0 Å². The molecule has 0 radical (unpaired) electrons. The highest BCUT2D eigenvalue weighted by Gasteiger charge is 2.31. The van der Waals surface area contributed by atoms with Gasteiger partial charge < -0.3 is 15.0 Å². The van der Waals surface area contributed by atoms with Crippen molar-refractivity contribution in [2.45, 2.75) is 6.04 Å². The zero-order valence-electron chi connectivity index (χ0n) is 10.1. The SMILES string of the molecule is COC(=O)N1CC(Nc2nn3c(=O)ccnc3s2)C1. The second-order valence-corrected chi connectivity index (χ2v) is 5.06. The number of amides is 1. The van der Waals surface area contributed by atoms with E-state index in [1.165, 1.54) is 35.2 Å². The van der Waals surface area contributed by atoms with E-state index in [1.54, 1.807) is 4.90 Å². The lowest BCUT2D eigenvalue weighted by Gasteiger charge is -2.37. The number of hydrogen-bond acceptors (Lipinski definition) is 7. The van der Waals surface area contributed by atoms with Gasteiger partial charge in [0.05, 0.1) is 13.2 Å². The van der Waals surface area contributed by atoms with E-state index in [9.17, 15) is 9.59 Å². The van der Waals surface area contributed by atoms with Crippen LogP contribution in [0.4, 0.5) is 9.93 Å². The van der Waals surface area contributed by atoms with Crippen LogP contribution in [0.15, 0.2) is 17.1 Å². The highest BCUT2D eigenvalue weighted by Crippen LogP contribution is 2.20. The third-order valence-corrected chi connectivity index (χ3v) is 3.67. The first-order chi connectivity index (χ1) is 9.17. The predicted molar refractivity (Wildman–Crippen MR) is 68.5 cm³/mol. The van der Waals surface area contributed by atoms with E-state index in [2.05, 4.69) is 20.1 Å². The third kappa shape index (κ3) is 2.12.